The van der Waals surface area contributed by atoms with E-state index in [4.69, 9.17) is 4.74 Å². The Morgan fingerprint density at radius 2 is 1.92 bits per heavy atom. The predicted octanol–water partition coefficient (Wildman–Crippen LogP) is -1.59. The Morgan fingerprint density at radius 3 is 2.33 bits per heavy atom. The van der Waals surface area contributed by atoms with Crippen molar-refractivity contribution in [3.05, 3.63) is 30.3 Å². The Morgan fingerprint density at radius 1 is 1.42 bits per heavy atom. The number of hydrogen-bond acceptors (Lipinski definition) is 2. The minimum atomic E-state index is -0.300. The van der Waals surface area contributed by atoms with Crippen LogP contribution < -0.4 is 28.7 Å². The summed E-state index contributed by atoms with van der Waals surface area (Å²) in [6.07, 6.45) is 0. The van der Waals surface area contributed by atoms with E-state index in [1.54, 1.807) is 24.3 Å². The summed E-state index contributed by atoms with van der Waals surface area (Å²) in [5.74, 6) is 0.262. The second-order valence-corrected chi connectivity index (χ2v) is 1.83. The first kappa shape index (κ1) is 14.6. The molecule has 0 unspecified atom stereocenters. The fourth-order valence-electron chi connectivity index (χ4n) is 0.606. The maximum Gasteiger partial charge on any atom is 2.00 e. The van der Waals surface area contributed by atoms with Crippen molar-refractivity contribution in [1.82, 2.24) is 0 Å². The molecule has 0 saturated carbocycles. The number of esters is 1. The Bertz CT molecular complexity index is 226. The quantitative estimate of drug-likeness (QED) is 0.204. The molecule has 60 valence electrons. The molecule has 0 fully saturated rings. The second kappa shape index (κ2) is 7.68. The summed E-state index contributed by atoms with van der Waals surface area (Å²) in [7, 11) is 0. The fraction of sp³-hybridized carbons (Fsp3) is 0.125. The van der Waals surface area contributed by atoms with E-state index in [0.29, 0.717) is 5.75 Å². The Labute approximate surface area is 101 Å². The van der Waals surface area contributed by atoms with Crippen molar-refractivity contribution in [2.75, 3.05) is 0 Å². The molecule has 4 heteroatoms. The maximum absolute atomic E-state index is 10.4. The number of ether oxygens (including phenoxy) is 1. The smallest absolute Gasteiger partial charge is 1.00 e. The predicted molar refractivity (Wildman–Crippen MR) is 36.6 cm³/mol. The van der Waals surface area contributed by atoms with Gasteiger partial charge in [-0.25, -0.2) is 0 Å². The first-order valence-corrected chi connectivity index (χ1v) is 2.93. The van der Waals surface area contributed by atoms with Crippen LogP contribution >= 0.6 is 0 Å². The average molecular weight is 327 g/mol. The molecule has 0 spiro atoms. The van der Waals surface area contributed by atoms with Crippen LogP contribution in [0.25, 0.3) is 0 Å². The third kappa shape index (κ3) is 5.66. The minimum absolute atomic E-state index is 0. The Kier molecular flexibility index (Phi) is 9.32. The van der Waals surface area contributed by atoms with Gasteiger partial charge in [0.15, 0.2) is 0 Å². The number of rotatable bonds is 1. The zero-order chi connectivity index (χ0) is 7.40. The zero-order valence-corrected chi connectivity index (χ0v) is 11.8. The van der Waals surface area contributed by atoms with Crippen LogP contribution in [0.5, 0.6) is 5.75 Å². The van der Waals surface area contributed by atoms with Gasteiger partial charge in [-0.3, -0.25) is 4.79 Å². The Hall–Kier alpha value is 0.0434. The topological polar surface area (TPSA) is 26.3 Å². The van der Waals surface area contributed by atoms with Crippen molar-refractivity contribution < 1.29 is 53.0 Å². The van der Waals surface area contributed by atoms with Gasteiger partial charge in [0.25, 0.3) is 0 Å². The summed E-state index contributed by atoms with van der Waals surface area (Å²) in [5.41, 5.74) is 0. The molecule has 12 heavy (non-hydrogen) atoms. The van der Waals surface area contributed by atoms with Gasteiger partial charge in [-0.15, -0.1) is 12.1 Å². The molecule has 2 nitrogen and oxygen atoms in total. The molecule has 1 rings (SSSR count). The van der Waals surface area contributed by atoms with E-state index in [-0.39, 0.29) is 49.4 Å². The number of carbonyl (C=O) groups is 1. The van der Waals surface area contributed by atoms with Crippen LogP contribution in [0, 0.1) is 6.07 Å². The van der Waals surface area contributed by atoms with Gasteiger partial charge in [-0.1, -0.05) is 0 Å². The normalized spacial score (nSPS) is 7.42. The summed E-state index contributed by atoms with van der Waals surface area (Å²) in [6.45, 7) is 1.37. The monoisotopic (exact) mass is 326 g/mol. The summed E-state index contributed by atoms with van der Waals surface area (Å²) in [6, 6.07) is 9.56. The van der Waals surface area contributed by atoms with Crippen LogP contribution in [0.1, 0.15) is 6.92 Å². The van der Waals surface area contributed by atoms with E-state index >= 15 is 0 Å². The third-order valence-corrected chi connectivity index (χ3v) is 0.949. The third-order valence-electron chi connectivity index (χ3n) is 0.949. The van der Waals surface area contributed by atoms with Crippen molar-refractivity contribution in [1.29, 1.82) is 0 Å². The van der Waals surface area contributed by atoms with Crippen LogP contribution in [-0.2, 0) is 24.3 Å². The van der Waals surface area contributed by atoms with E-state index in [1.807, 2.05) is 0 Å². The van der Waals surface area contributed by atoms with Gasteiger partial charge in [0, 0.05) is 12.7 Å². The van der Waals surface area contributed by atoms with Gasteiger partial charge in [0.1, 0.15) is 0 Å². The molecule has 0 radical (unpaired) electrons. The molecule has 0 N–H and O–H groups in total. The van der Waals surface area contributed by atoms with Crippen molar-refractivity contribution >= 4 is 5.97 Å². The van der Waals surface area contributed by atoms with Crippen LogP contribution in [0.3, 0.4) is 0 Å². The van der Waals surface area contributed by atoms with Crippen molar-refractivity contribution in [3.8, 4) is 5.75 Å². The molecule has 1 aromatic rings. The maximum atomic E-state index is 10.4. The van der Waals surface area contributed by atoms with Crippen molar-refractivity contribution in [2.24, 2.45) is 0 Å². The number of benzene rings is 1. The van der Waals surface area contributed by atoms with Gasteiger partial charge < -0.3 is 28.7 Å². The van der Waals surface area contributed by atoms with E-state index in [2.05, 4.69) is 6.07 Å². The number of hydrogen-bond donors (Lipinski definition) is 0. The molecular weight excluding hydrogens is 320 g/mol. The first-order chi connectivity index (χ1) is 4.79. The molecule has 0 amide bonds. The summed E-state index contributed by atoms with van der Waals surface area (Å²) >= 11 is 0. The largest absolute Gasteiger partial charge is 2.00 e. The second-order valence-electron chi connectivity index (χ2n) is 1.83. The Balaban J connectivity index is 0. The molecule has 0 aliphatic heterocycles. The molecule has 0 aliphatic carbocycles. The molecule has 0 bridgehead atoms. The molecule has 0 heterocycles. The van der Waals surface area contributed by atoms with Crippen LogP contribution in [0.2, 0.25) is 0 Å². The molecule has 0 saturated heterocycles. The van der Waals surface area contributed by atoms with E-state index in [0.717, 1.165) is 0 Å². The van der Waals surface area contributed by atoms with E-state index in [9.17, 15) is 4.79 Å². The van der Waals surface area contributed by atoms with E-state index in [1.165, 1.54) is 6.92 Å². The summed E-state index contributed by atoms with van der Waals surface area (Å²) < 4.78 is 4.76. The molecule has 0 atom stereocenters. The van der Waals surface area contributed by atoms with Crippen LogP contribution in [-0.4, -0.2) is 5.97 Å². The van der Waals surface area contributed by atoms with Gasteiger partial charge >= 0.3 is 25.4 Å². The first-order valence-electron chi connectivity index (χ1n) is 2.93. The van der Waals surface area contributed by atoms with Crippen molar-refractivity contribution in [3.63, 3.8) is 0 Å². The van der Waals surface area contributed by atoms with Crippen LogP contribution in [0.4, 0.5) is 0 Å². The zero-order valence-electron chi connectivity index (χ0n) is 6.71. The molecule has 1 aromatic carbocycles. The fourth-order valence-corrected chi connectivity index (χ4v) is 0.606. The van der Waals surface area contributed by atoms with Gasteiger partial charge in [-0.2, -0.15) is 18.2 Å². The SMILES string of the molecule is CC(=O)Oc1cc[c-]cc1.[I-].[Zn+2]. The van der Waals surface area contributed by atoms with Crippen LogP contribution in [0.15, 0.2) is 24.3 Å². The van der Waals surface area contributed by atoms with Gasteiger partial charge in [0.2, 0.25) is 0 Å². The summed E-state index contributed by atoms with van der Waals surface area (Å²) in [5, 5.41) is 0. The average Bonchev–Trinajstić information content (AvgIpc) is 1.88. The number of carbonyl (C=O) groups excluding carboxylic acids is 1. The van der Waals surface area contributed by atoms with Gasteiger partial charge in [0.05, 0.1) is 0 Å². The molecular formula is C8H7IO2Zn. The molecule has 0 aromatic heterocycles. The summed E-state index contributed by atoms with van der Waals surface area (Å²) in [4.78, 5) is 10.4. The van der Waals surface area contributed by atoms with Gasteiger partial charge in [-0.05, 0) is 0 Å². The number of halogens is 1. The van der Waals surface area contributed by atoms with Crippen molar-refractivity contribution in [2.45, 2.75) is 6.92 Å². The van der Waals surface area contributed by atoms with E-state index < -0.39 is 0 Å². The standard InChI is InChI=1S/C8H7O2.HI.Zn/c1-7(9)10-8-5-3-2-4-6-8;;/h3-6H,1H3;1H;/q-1;;+2/p-1. The minimum Gasteiger partial charge on any atom is -1.00 e. The molecule has 0 aliphatic rings.